The van der Waals surface area contributed by atoms with E-state index in [0.717, 1.165) is 18.4 Å². The van der Waals surface area contributed by atoms with Gasteiger partial charge in [-0.05, 0) is 36.2 Å². The lowest BCUT2D eigenvalue weighted by Gasteiger charge is -2.18. The van der Waals surface area contributed by atoms with Gasteiger partial charge in [-0.25, -0.2) is 9.59 Å². The van der Waals surface area contributed by atoms with E-state index < -0.39 is 12.3 Å². The molecule has 6 nitrogen and oxygen atoms in total. The standard InChI is InChI=1S/C31H24O6/c1-2-12-21-13-11-20-26-27(21)29(37-31(33)35-23-16-7-4-8-17-23)25-19-10-9-18-24(25)28(26)36-30(32)34-22-14-5-3-6-15-22/h3-11,13-20H,2,12H2,1H3. The van der Waals surface area contributed by atoms with Gasteiger partial charge < -0.3 is 18.9 Å². The molecule has 6 heteroatoms. The number of hydrogen-bond donors (Lipinski definition) is 0. The van der Waals surface area contributed by atoms with Crippen LogP contribution in [-0.2, 0) is 6.42 Å². The highest BCUT2D eigenvalue weighted by Crippen LogP contribution is 2.44. The summed E-state index contributed by atoms with van der Waals surface area (Å²) in [5.41, 5.74) is 0.953. The third-order valence-corrected chi connectivity index (χ3v) is 5.82. The fourth-order valence-corrected chi connectivity index (χ4v) is 4.29. The molecule has 0 N–H and O–H groups in total. The number of carbonyl (C=O) groups excluding carboxylic acids is 2. The molecule has 0 fully saturated rings. The molecule has 0 bridgehead atoms. The van der Waals surface area contributed by atoms with Gasteiger partial charge in [0, 0.05) is 21.5 Å². The highest BCUT2D eigenvalue weighted by atomic mass is 16.7. The number of ether oxygens (including phenoxy) is 4. The molecule has 0 aliphatic heterocycles. The minimum atomic E-state index is -0.865. The predicted molar refractivity (Wildman–Crippen MR) is 142 cm³/mol. The van der Waals surface area contributed by atoms with E-state index in [2.05, 4.69) is 6.92 Å². The van der Waals surface area contributed by atoms with Crippen LogP contribution in [-0.4, -0.2) is 12.3 Å². The fourth-order valence-electron chi connectivity index (χ4n) is 4.29. The van der Waals surface area contributed by atoms with Crippen LogP contribution >= 0.6 is 0 Å². The molecule has 0 aliphatic rings. The molecule has 37 heavy (non-hydrogen) atoms. The van der Waals surface area contributed by atoms with Gasteiger partial charge >= 0.3 is 12.3 Å². The number of benzene rings is 5. The van der Waals surface area contributed by atoms with Crippen molar-refractivity contribution in [3.63, 3.8) is 0 Å². The second-order valence-corrected chi connectivity index (χ2v) is 8.33. The zero-order valence-corrected chi connectivity index (χ0v) is 20.2. The molecule has 0 spiro atoms. The van der Waals surface area contributed by atoms with Gasteiger partial charge in [0.05, 0.1) is 0 Å². The Morgan fingerprint density at radius 1 is 0.541 bits per heavy atom. The number of hydrogen-bond acceptors (Lipinski definition) is 6. The van der Waals surface area contributed by atoms with Gasteiger partial charge in [-0.3, -0.25) is 0 Å². The van der Waals surface area contributed by atoms with Gasteiger partial charge in [-0.1, -0.05) is 92.2 Å². The number of fused-ring (bicyclic) bond motifs is 2. The van der Waals surface area contributed by atoms with E-state index in [9.17, 15) is 9.59 Å². The maximum Gasteiger partial charge on any atom is 0.519 e. The molecule has 0 saturated carbocycles. The molecule has 184 valence electrons. The zero-order valence-electron chi connectivity index (χ0n) is 20.2. The topological polar surface area (TPSA) is 71.1 Å². The highest BCUT2D eigenvalue weighted by molar-refractivity contribution is 6.13. The van der Waals surface area contributed by atoms with Crippen molar-refractivity contribution in [2.24, 2.45) is 0 Å². The van der Waals surface area contributed by atoms with Crippen molar-refractivity contribution in [3.05, 3.63) is 109 Å². The lowest BCUT2D eigenvalue weighted by molar-refractivity contribution is 0.151. The Morgan fingerprint density at radius 3 is 1.59 bits per heavy atom. The SMILES string of the molecule is CCCc1cccc2c(OC(=O)Oc3ccccc3)c3ccccc3c(OC(=O)Oc3ccccc3)c12. The zero-order chi connectivity index (χ0) is 25.6. The number of para-hydroxylation sites is 2. The van der Waals surface area contributed by atoms with Crippen LogP contribution in [0, 0.1) is 0 Å². The average molecular weight is 493 g/mol. The van der Waals surface area contributed by atoms with Crippen LogP contribution in [0.25, 0.3) is 21.5 Å². The molecule has 0 aromatic heterocycles. The summed E-state index contributed by atoms with van der Waals surface area (Å²) in [4.78, 5) is 25.7. The van der Waals surface area contributed by atoms with Crippen molar-refractivity contribution in [2.75, 3.05) is 0 Å². The summed E-state index contributed by atoms with van der Waals surface area (Å²) in [6.07, 6.45) is -0.128. The minimum Gasteiger partial charge on any atom is -0.395 e. The molecular formula is C31H24O6. The maximum atomic E-state index is 12.9. The van der Waals surface area contributed by atoms with Crippen molar-refractivity contribution in [1.29, 1.82) is 0 Å². The van der Waals surface area contributed by atoms with Gasteiger partial charge in [0.25, 0.3) is 0 Å². The van der Waals surface area contributed by atoms with E-state index in [-0.39, 0.29) is 0 Å². The lowest BCUT2D eigenvalue weighted by Crippen LogP contribution is -2.16. The maximum absolute atomic E-state index is 12.9. The van der Waals surface area contributed by atoms with E-state index in [1.165, 1.54) is 0 Å². The summed E-state index contributed by atoms with van der Waals surface area (Å²) in [6.45, 7) is 2.07. The quantitative estimate of drug-likeness (QED) is 0.135. The minimum absolute atomic E-state index is 0.327. The first-order valence-corrected chi connectivity index (χ1v) is 12.0. The van der Waals surface area contributed by atoms with Crippen molar-refractivity contribution in [3.8, 4) is 23.0 Å². The molecule has 0 radical (unpaired) electrons. The van der Waals surface area contributed by atoms with Crippen LogP contribution in [0.15, 0.2) is 103 Å². The van der Waals surface area contributed by atoms with Crippen LogP contribution in [0.1, 0.15) is 18.9 Å². The van der Waals surface area contributed by atoms with Gasteiger partial charge in [0.1, 0.15) is 17.2 Å². The molecule has 0 heterocycles. The second kappa shape index (κ2) is 10.8. The van der Waals surface area contributed by atoms with Gasteiger partial charge in [0.2, 0.25) is 0 Å². The molecule has 0 amide bonds. The van der Waals surface area contributed by atoms with E-state index in [1.807, 2.05) is 54.6 Å². The first-order valence-electron chi connectivity index (χ1n) is 12.0. The highest BCUT2D eigenvalue weighted by Gasteiger charge is 2.23. The van der Waals surface area contributed by atoms with Crippen LogP contribution < -0.4 is 18.9 Å². The van der Waals surface area contributed by atoms with E-state index in [1.54, 1.807) is 48.5 Å². The fraction of sp³-hybridized carbons (Fsp3) is 0.0968. The lowest BCUT2D eigenvalue weighted by atomic mass is 9.95. The molecule has 0 saturated heterocycles. The third-order valence-electron chi connectivity index (χ3n) is 5.82. The molecular weight excluding hydrogens is 468 g/mol. The summed E-state index contributed by atoms with van der Waals surface area (Å²) >= 11 is 0. The Labute approximate surface area is 214 Å². The molecule has 0 atom stereocenters. The predicted octanol–water partition coefficient (Wildman–Crippen LogP) is 8.10. The Bertz CT molecular complexity index is 1560. The second-order valence-electron chi connectivity index (χ2n) is 8.33. The molecule has 5 aromatic rings. The molecule has 5 rings (SSSR count). The van der Waals surface area contributed by atoms with Crippen LogP contribution in [0.3, 0.4) is 0 Å². The number of aryl methyl sites for hydroxylation is 1. The summed E-state index contributed by atoms with van der Waals surface area (Å²) in [5.74, 6) is 1.42. The number of rotatable bonds is 6. The van der Waals surface area contributed by atoms with Gasteiger partial charge in [-0.2, -0.15) is 0 Å². The summed E-state index contributed by atoms with van der Waals surface area (Å²) < 4.78 is 22.5. The average Bonchev–Trinajstić information content (AvgIpc) is 2.92. The van der Waals surface area contributed by atoms with Crippen molar-refractivity contribution < 1.29 is 28.5 Å². The molecule has 0 aliphatic carbocycles. The Balaban J connectivity index is 1.62. The normalized spacial score (nSPS) is 10.7. The third kappa shape index (κ3) is 5.23. The van der Waals surface area contributed by atoms with E-state index >= 15 is 0 Å². The monoisotopic (exact) mass is 492 g/mol. The Kier molecular flexibility index (Phi) is 6.99. The van der Waals surface area contributed by atoms with E-state index in [4.69, 9.17) is 18.9 Å². The van der Waals surface area contributed by atoms with Gasteiger partial charge in [-0.15, -0.1) is 0 Å². The Morgan fingerprint density at radius 2 is 1.03 bits per heavy atom. The first kappa shape index (κ1) is 23.9. The van der Waals surface area contributed by atoms with Crippen molar-refractivity contribution in [1.82, 2.24) is 0 Å². The smallest absolute Gasteiger partial charge is 0.395 e. The number of carbonyl (C=O) groups is 2. The van der Waals surface area contributed by atoms with Crippen LogP contribution in [0.2, 0.25) is 0 Å². The summed E-state index contributed by atoms with van der Waals surface area (Å²) in [5, 5.41) is 2.50. The van der Waals surface area contributed by atoms with Crippen molar-refractivity contribution >= 4 is 33.9 Å². The molecule has 0 unspecified atom stereocenters. The molecule has 5 aromatic carbocycles. The summed E-state index contributed by atoms with van der Waals surface area (Å²) in [7, 11) is 0. The first-order chi connectivity index (χ1) is 18.1. The Hall–Kier alpha value is -4.84. The van der Waals surface area contributed by atoms with E-state index in [0.29, 0.717) is 44.5 Å². The largest absolute Gasteiger partial charge is 0.519 e. The van der Waals surface area contributed by atoms with Crippen molar-refractivity contribution in [2.45, 2.75) is 19.8 Å². The summed E-state index contributed by atoms with van der Waals surface area (Å²) in [6, 6.07) is 30.4. The van der Waals surface area contributed by atoms with Crippen LogP contribution in [0.4, 0.5) is 9.59 Å². The van der Waals surface area contributed by atoms with Gasteiger partial charge in [0.15, 0.2) is 5.75 Å². The van der Waals surface area contributed by atoms with Crippen LogP contribution in [0.5, 0.6) is 23.0 Å².